The Labute approximate surface area is 226 Å². The molecule has 4 heterocycles. The first-order valence-electron chi connectivity index (χ1n) is 12.9. The van der Waals surface area contributed by atoms with Crippen molar-refractivity contribution in [1.29, 1.82) is 0 Å². The highest BCUT2D eigenvalue weighted by Crippen LogP contribution is 2.35. The van der Waals surface area contributed by atoms with Gasteiger partial charge in [0, 0.05) is 38.0 Å². The van der Waals surface area contributed by atoms with Gasteiger partial charge < -0.3 is 16.2 Å². The zero-order chi connectivity index (χ0) is 27.7. The summed E-state index contributed by atoms with van der Waals surface area (Å²) in [6.45, 7) is 9.89. The first-order valence-corrected chi connectivity index (χ1v) is 12.9. The zero-order valence-corrected chi connectivity index (χ0v) is 22.4. The first-order chi connectivity index (χ1) is 18.6. The highest BCUT2D eigenvalue weighted by molar-refractivity contribution is 5.98. The maximum absolute atomic E-state index is 15.7. The summed E-state index contributed by atoms with van der Waals surface area (Å²) in [5, 5.41) is 4.43. The lowest BCUT2D eigenvalue weighted by Crippen LogP contribution is -2.33. The van der Waals surface area contributed by atoms with Crippen LogP contribution in [0, 0.1) is 5.82 Å². The number of fused-ring (bicyclic) bond motifs is 1. The minimum Gasteiger partial charge on any atom is -0.382 e. The summed E-state index contributed by atoms with van der Waals surface area (Å²) in [6.07, 6.45) is 3.95. The fourth-order valence-corrected chi connectivity index (χ4v) is 4.87. The average Bonchev–Trinajstić information content (AvgIpc) is 3.06. The number of rotatable bonds is 5. The van der Waals surface area contributed by atoms with Gasteiger partial charge in [0.05, 0.1) is 18.0 Å². The molecule has 1 aromatic carbocycles. The average molecular weight is 533 g/mol. The van der Waals surface area contributed by atoms with Crippen LogP contribution >= 0.6 is 0 Å². The van der Waals surface area contributed by atoms with Gasteiger partial charge in [0.1, 0.15) is 23.5 Å². The molecule has 0 unspecified atom stereocenters. The number of nitrogens with two attached hydrogens (primary N) is 2. The Morgan fingerprint density at radius 3 is 2.69 bits per heavy atom. The number of hydrogen-bond donors (Lipinski definition) is 2. The highest BCUT2D eigenvalue weighted by Gasteiger charge is 2.24. The third-order valence-electron chi connectivity index (χ3n) is 6.92. The van der Waals surface area contributed by atoms with E-state index in [4.69, 9.17) is 16.2 Å². The van der Waals surface area contributed by atoms with Crippen LogP contribution in [0.15, 0.2) is 48.9 Å². The van der Waals surface area contributed by atoms with Gasteiger partial charge in [-0.15, -0.1) is 0 Å². The van der Waals surface area contributed by atoms with Crippen LogP contribution in [0.1, 0.15) is 38.4 Å². The second-order valence-corrected chi connectivity index (χ2v) is 10.7. The Morgan fingerprint density at radius 1 is 1.13 bits per heavy atom. The molecule has 1 saturated heterocycles. The van der Waals surface area contributed by atoms with Crippen LogP contribution in [0.25, 0.3) is 16.6 Å². The smallest absolute Gasteiger partial charge is 0.325 e. The van der Waals surface area contributed by atoms with Crippen LogP contribution in [-0.2, 0) is 16.7 Å². The van der Waals surface area contributed by atoms with Crippen molar-refractivity contribution in [2.24, 2.45) is 5.73 Å². The number of halogens is 1. The number of hydrogen-bond acceptors (Lipinski definition) is 7. The number of amides is 2. The largest absolute Gasteiger partial charge is 0.382 e. The Hall–Kier alpha value is -4.09. The van der Waals surface area contributed by atoms with Crippen LogP contribution in [0.3, 0.4) is 0 Å². The molecule has 0 bridgehead atoms. The Morgan fingerprint density at radius 2 is 1.95 bits per heavy atom. The number of carbonyl (C=O) groups excluding carboxylic acids is 1. The van der Waals surface area contributed by atoms with E-state index in [-0.39, 0.29) is 22.7 Å². The second kappa shape index (κ2) is 10.6. The summed E-state index contributed by atoms with van der Waals surface area (Å²) >= 11 is 0. The molecule has 11 heteroatoms. The van der Waals surface area contributed by atoms with Crippen molar-refractivity contribution in [3.8, 4) is 11.1 Å². The van der Waals surface area contributed by atoms with Crippen molar-refractivity contribution in [2.75, 3.05) is 36.9 Å². The molecule has 1 aliphatic rings. The van der Waals surface area contributed by atoms with Crippen molar-refractivity contribution >= 4 is 28.9 Å². The SMILES string of the molecule is CC(C)(C)c1ccnc(N(C(N)=O)c2ccc(-c3cc(CN4CCCOCC4)n4ncnc(N)c34)cc2F)c1. The zero-order valence-electron chi connectivity index (χ0n) is 22.4. The van der Waals surface area contributed by atoms with E-state index in [1.54, 1.807) is 22.8 Å². The molecule has 204 valence electrons. The molecule has 5 rings (SSSR count). The molecule has 3 aromatic heterocycles. The van der Waals surface area contributed by atoms with E-state index < -0.39 is 11.8 Å². The van der Waals surface area contributed by atoms with Gasteiger partial charge in [-0.05, 0) is 53.3 Å². The highest BCUT2D eigenvalue weighted by atomic mass is 19.1. The second-order valence-electron chi connectivity index (χ2n) is 10.7. The lowest BCUT2D eigenvalue weighted by molar-refractivity contribution is 0.140. The van der Waals surface area contributed by atoms with E-state index in [9.17, 15) is 4.79 Å². The van der Waals surface area contributed by atoms with Gasteiger partial charge in [0.2, 0.25) is 0 Å². The number of benzene rings is 1. The van der Waals surface area contributed by atoms with E-state index in [1.165, 1.54) is 18.5 Å². The molecule has 2 amide bonds. The lowest BCUT2D eigenvalue weighted by atomic mass is 9.88. The standard InChI is InChI=1S/C28H33FN8O2/c1-28(2,3)19-7-8-32-24(14-19)36(27(31)38)23-6-5-18(13-22(23)29)21-15-20(16-35-9-4-11-39-12-10-35)37-25(21)26(30)33-17-34-37/h5-8,13-15,17H,4,9-12,16H2,1-3H3,(H2,31,38)(H2,30,33,34). The van der Waals surface area contributed by atoms with E-state index in [0.29, 0.717) is 29.8 Å². The summed E-state index contributed by atoms with van der Waals surface area (Å²) < 4.78 is 23.1. The molecule has 0 spiro atoms. The van der Waals surface area contributed by atoms with Gasteiger partial charge in [-0.25, -0.2) is 28.6 Å². The number of primary amides is 1. The van der Waals surface area contributed by atoms with Gasteiger partial charge in [0.15, 0.2) is 5.82 Å². The van der Waals surface area contributed by atoms with Crippen molar-refractivity contribution in [2.45, 2.75) is 39.2 Å². The third-order valence-corrected chi connectivity index (χ3v) is 6.92. The minimum atomic E-state index is -0.837. The van der Waals surface area contributed by atoms with Gasteiger partial charge in [-0.3, -0.25) is 4.90 Å². The molecule has 4 aromatic rings. The monoisotopic (exact) mass is 532 g/mol. The molecule has 4 N–H and O–H groups in total. The topological polar surface area (TPSA) is 128 Å². The summed E-state index contributed by atoms with van der Waals surface area (Å²) in [5.74, 6) is -0.0932. The maximum Gasteiger partial charge on any atom is 0.325 e. The van der Waals surface area contributed by atoms with Crippen molar-refractivity contribution in [3.63, 3.8) is 0 Å². The predicted octanol–water partition coefficient (Wildman–Crippen LogP) is 4.25. The van der Waals surface area contributed by atoms with E-state index in [2.05, 4.69) is 20.0 Å². The number of ether oxygens (including phenoxy) is 1. The predicted molar refractivity (Wildman–Crippen MR) is 148 cm³/mol. The van der Waals surface area contributed by atoms with Crippen LogP contribution in [0.5, 0.6) is 0 Å². The van der Waals surface area contributed by atoms with E-state index in [0.717, 1.165) is 42.3 Å². The van der Waals surface area contributed by atoms with Crippen LogP contribution in [0.4, 0.5) is 26.5 Å². The Balaban J connectivity index is 1.54. The number of aromatic nitrogens is 4. The molecule has 1 fully saturated rings. The van der Waals surface area contributed by atoms with Crippen molar-refractivity contribution < 1.29 is 13.9 Å². The molecule has 0 aliphatic carbocycles. The molecule has 10 nitrogen and oxygen atoms in total. The van der Waals surface area contributed by atoms with Crippen LogP contribution < -0.4 is 16.4 Å². The number of anilines is 3. The van der Waals surface area contributed by atoms with Gasteiger partial charge in [-0.2, -0.15) is 5.10 Å². The summed E-state index contributed by atoms with van der Waals surface area (Å²) in [6, 6.07) is 9.35. The molecular weight excluding hydrogens is 499 g/mol. The summed E-state index contributed by atoms with van der Waals surface area (Å²) in [7, 11) is 0. The van der Waals surface area contributed by atoms with E-state index in [1.807, 2.05) is 32.9 Å². The minimum absolute atomic E-state index is 0.00216. The summed E-state index contributed by atoms with van der Waals surface area (Å²) in [4.78, 5) is 24.3. The Bertz CT molecular complexity index is 1510. The van der Waals surface area contributed by atoms with Crippen molar-refractivity contribution in [3.05, 3.63) is 66.0 Å². The van der Waals surface area contributed by atoms with Crippen LogP contribution in [-0.4, -0.2) is 56.8 Å². The van der Waals surface area contributed by atoms with Gasteiger partial charge >= 0.3 is 6.03 Å². The Kier molecular flexibility index (Phi) is 7.19. The molecule has 39 heavy (non-hydrogen) atoms. The number of urea groups is 1. The number of nitrogens with zero attached hydrogens (tertiary/aromatic N) is 6. The van der Waals surface area contributed by atoms with Crippen LogP contribution in [0.2, 0.25) is 0 Å². The normalized spacial score (nSPS) is 14.9. The molecule has 0 atom stereocenters. The molecule has 0 saturated carbocycles. The van der Waals surface area contributed by atoms with Gasteiger partial charge in [-0.1, -0.05) is 26.8 Å². The van der Waals surface area contributed by atoms with Gasteiger partial charge in [0.25, 0.3) is 0 Å². The first kappa shape index (κ1) is 26.5. The summed E-state index contributed by atoms with van der Waals surface area (Å²) in [5.41, 5.74) is 15.5. The maximum atomic E-state index is 15.7. The molecule has 0 radical (unpaired) electrons. The number of nitrogen functional groups attached to an aromatic ring is 1. The van der Waals surface area contributed by atoms with E-state index >= 15 is 4.39 Å². The fourth-order valence-electron chi connectivity index (χ4n) is 4.87. The fraction of sp³-hybridized carbons (Fsp3) is 0.357. The quantitative estimate of drug-likeness (QED) is 0.393. The molecular formula is C28H33FN8O2. The number of carbonyl (C=O) groups is 1. The molecule has 1 aliphatic heterocycles. The number of pyridine rings is 1. The third kappa shape index (κ3) is 5.41. The van der Waals surface area contributed by atoms with Crippen molar-refractivity contribution in [1.82, 2.24) is 24.5 Å². The lowest BCUT2D eigenvalue weighted by Gasteiger charge is -2.24.